The normalized spacial score (nSPS) is 18.3. The molecule has 0 aliphatic rings. The molecule has 0 aliphatic carbocycles. The Morgan fingerprint density at radius 3 is 1.92 bits per heavy atom. The molecular formula is C5H8ClF3O3S. The highest BCUT2D eigenvalue weighted by atomic mass is 35.7. The smallest absolute Gasteiger partial charge is 0.287 e. The molecule has 80 valence electrons. The van der Waals surface area contributed by atoms with Crippen LogP contribution in [-0.2, 0) is 13.8 Å². The fraction of sp³-hybridized carbons (Fsp3) is 1.00. The fourth-order valence-corrected chi connectivity index (χ4v) is 1.48. The minimum absolute atomic E-state index is 0.984. The molecule has 0 radical (unpaired) electrons. The average Bonchev–Trinajstić information content (AvgIpc) is 1.79. The SMILES string of the molecule is CC(OC(F)(F)F)[C@H](C)S(=O)(=O)Cl. The molecule has 3 nitrogen and oxygen atoms in total. The Morgan fingerprint density at radius 1 is 1.31 bits per heavy atom. The number of rotatable bonds is 3. The number of alkyl halides is 3. The molecule has 0 aromatic carbocycles. The van der Waals surface area contributed by atoms with Crippen molar-refractivity contribution < 1.29 is 26.3 Å². The van der Waals surface area contributed by atoms with E-state index in [1.165, 1.54) is 0 Å². The lowest BCUT2D eigenvalue weighted by Gasteiger charge is -2.18. The molecule has 0 spiro atoms. The van der Waals surface area contributed by atoms with Crippen LogP contribution in [0.3, 0.4) is 0 Å². The first-order chi connectivity index (χ1) is 5.54. The van der Waals surface area contributed by atoms with Crippen LogP contribution in [0.1, 0.15) is 13.8 Å². The molecule has 8 heteroatoms. The van der Waals surface area contributed by atoms with Gasteiger partial charge in [-0.1, -0.05) is 0 Å². The van der Waals surface area contributed by atoms with E-state index in [0.717, 1.165) is 13.8 Å². The van der Waals surface area contributed by atoms with Crippen molar-refractivity contribution >= 4 is 19.7 Å². The van der Waals surface area contributed by atoms with E-state index in [1.54, 1.807) is 0 Å². The minimum atomic E-state index is -4.85. The molecule has 0 saturated heterocycles. The fourth-order valence-electron chi connectivity index (χ4n) is 0.536. The maximum Gasteiger partial charge on any atom is 0.522 e. The van der Waals surface area contributed by atoms with Crippen LogP contribution in [0.5, 0.6) is 0 Å². The van der Waals surface area contributed by atoms with Gasteiger partial charge in [-0.2, -0.15) is 0 Å². The molecule has 13 heavy (non-hydrogen) atoms. The lowest BCUT2D eigenvalue weighted by molar-refractivity contribution is -0.339. The Labute approximate surface area is 78.2 Å². The van der Waals surface area contributed by atoms with Crippen molar-refractivity contribution in [3.8, 4) is 0 Å². The van der Waals surface area contributed by atoms with Gasteiger partial charge < -0.3 is 0 Å². The van der Waals surface area contributed by atoms with Crippen molar-refractivity contribution in [2.75, 3.05) is 0 Å². The van der Waals surface area contributed by atoms with E-state index in [9.17, 15) is 21.6 Å². The molecule has 0 amide bonds. The molecule has 0 fully saturated rings. The number of halogens is 4. The van der Waals surface area contributed by atoms with Gasteiger partial charge in [-0.05, 0) is 13.8 Å². The van der Waals surface area contributed by atoms with Gasteiger partial charge in [-0.3, -0.25) is 4.74 Å². The summed E-state index contributed by atoms with van der Waals surface area (Å²) in [5.41, 5.74) is 0. The molecular weight excluding hydrogens is 233 g/mol. The molecule has 0 bridgehead atoms. The van der Waals surface area contributed by atoms with Gasteiger partial charge in [0.05, 0.1) is 11.4 Å². The first-order valence-electron chi connectivity index (χ1n) is 3.22. The molecule has 0 N–H and O–H groups in total. The Hall–Kier alpha value is -0.0100. The molecule has 0 rings (SSSR count). The third-order valence-corrected chi connectivity index (χ3v) is 3.54. The quantitative estimate of drug-likeness (QED) is 0.708. The highest BCUT2D eigenvalue weighted by molar-refractivity contribution is 8.14. The van der Waals surface area contributed by atoms with Crippen molar-refractivity contribution in [1.29, 1.82) is 0 Å². The van der Waals surface area contributed by atoms with Crippen LogP contribution in [-0.4, -0.2) is 26.1 Å². The maximum atomic E-state index is 11.6. The number of hydrogen-bond acceptors (Lipinski definition) is 3. The first-order valence-corrected chi connectivity index (χ1v) is 5.59. The zero-order chi connectivity index (χ0) is 10.9. The molecule has 0 aromatic heterocycles. The summed E-state index contributed by atoms with van der Waals surface area (Å²) in [4.78, 5) is 0. The van der Waals surface area contributed by atoms with Crippen LogP contribution in [0.4, 0.5) is 13.2 Å². The second-order valence-electron chi connectivity index (χ2n) is 2.45. The third kappa shape index (κ3) is 5.33. The minimum Gasteiger partial charge on any atom is -0.287 e. The third-order valence-electron chi connectivity index (χ3n) is 1.42. The van der Waals surface area contributed by atoms with Crippen molar-refractivity contribution in [3.63, 3.8) is 0 Å². The second-order valence-corrected chi connectivity index (χ2v) is 5.43. The molecule has 2 atom stereocenters. The predicted octanol–water partition coefficient (Wildman–Crippen LogP) is 1.87. The summed E-state index contributed by atoms with van der Waals surface area (Å²) in [5.74, 6) is 0. The Balaban J connectivity index is 4.38. The van der Waals surface area contributed by atoms with Gasteiger partial charge in [0.2, 0.25) is 9.05 Å². The average molecular weight is 241 g/mol. The van der Waals surface area contributed by atoms with E-state index >= 15 is 0 Å². The van der Waals surface area contributed by atoms with E-state index in [0.29, 0.717) is 0 Å². The maximum absolute atomic E-state index is 11.6. The van der Waals surface area contributed by atoms with Gasteiger partial charge in [0.1, 0.15) is 0 Å². The van der Waals surface area contributed by atoms with Crippen LogP contribution in [0.2, 0.25) is 0 Å². The zero-order valence-corrected chi connectivity index (χ0v) is 8.37. The summed E-state index contributed by atoms with van der Waals surface area (Å²) in [6.07, 6.45) is -6.38. The van der Waals surface area contributed by atoms with Gasteiger partial charge in [-0.25, -0.2) is 8.42 Å². The predicted molar refractivity (Wildman–Crippen MR) is 40.8 cm³/mol. The van der Waals surface area contributed by atoms with Gasteiger partial charge in [0, 0.05) is 10.7 Å². The highest BCUT2D eigenvalue weighted by Crippen LogP contribution is 2.23. The summed E-state index contributed by atoms with van der Waals surface area (Å²) in [5, 5.41) is -1.41. The number of ether oxygens (including phenoxy) is 1. The van der Waals surface area contributed by atoms with Crippen molar-refractivity contribution in [1.82, 2.24) is 0 Å². The van der Waals surface area contributed by atoms with Crippen molar-refractivity contribution in [2.24, 2.45) is 0 Å². The van der Waals surface area contributed by atoms with Gasteiger partial charge in [0.15, 0.2) is 0 Å². The summed E-state index contributed by atoms with van der Waals surface area (Å²) in [7, 11) is 0.805. The van der Waals surface area contributed by atoms with E-state index in [-0.39, 0.29) is 0 Å². The van der Waals surface area contributed by atoms with Gasteiger partial charge >= 0.3 is 6.36 Å². The Bertz CT molecular complexity index is 261. The highest BCUT2D eigenvalue weighted by Gasteiger charge is 2.37. The van der Waals surface area contributed by atoms with E-state index in [4.69, 9.17) is 10.7 Å². The monoisotopic (exact) mass is 240 g/mol. The Kier molecular flexibility index (Phi) is 4.01. The molecule has 0 heterocycles. The molecule has 1 unspecified atom stereocenters. The van der Waals surface area contributed by atoms with Crippen LogP contribution >= 0.6 is 10.7 Å². The van der Waals surface area contributed by atoms with Crippen LogP contribution in [0.15, 0.2) is 0 Å². The summed E-state index contributed by atoms with van der Waals surface area (Å²) < 4.78 is 59.4. The second kappa shape index (κ2) is 4.02. The van der Waals surface area contributed by atoms with E-state index in [1.807, 2.05) is 0 Å². The lowest BCUT2D eigenvalue weighted by Crippen LogP contribution is -2.33. The summed E-state index contributed by atoms with van der Waals surface area (Å²) in [6, 6.07) is 0. The van der Waals surface area contributed by atoms with Crippen LogP contribution in [0.25, 0.3) is 0 Å². The van der Waals surface area contributed by atoms with E-state index in [2.05, 4.69) is 4.74 Å². The molecule has 0 saturated carbocycles. The van der Waals surface area contributed by atoms with E-state index < -0.39 is 26.8 Å². The van der Waals surface area contributed by atoms with Gasteiger partial charge in [-0.15, -0.1) is 13.2 Å². The van der Waals surface area contributed by atoms with Crippen LogP contribution in [0, 0.1) is 0 Å². The van der Waals surface area contributed by atoms with Crippen LogP contribution < -0.4 is 0 Å². The topological polar surface area (TPSA) is 43.4 Å². The molecule has 0 aromatic rings. The van der Waals surface area contributed by atoms with Crippen molar-refractivity contribution in [3.05, 3.63) is 0 Å². The summed E-state index contributed by atoms with van der Waals surface area (Å²) in [6.45, 7) is 2.02. The lowest BCUT2D eigenvalue weighted by atomic mass is 10.3. The van der Waals surface area contributed by atoms with Crippen molar-refractivity contribution in [2.45, 2.75) is 31.6 Å². The first kappa shape index (κ1) is 13.0. The standard InChI is InChI=1S/C5H8ClF3O3S/c1-3(12-5(7,8)9)4(2)13(6,10)11/h3-4H,1-2H3/t3?,4-/m0/s1. The summed E-state index contributed by atoms with van der Waals surface area (Å²) >= 11 is 0. The largest absolute Gasteiger partial charge is 0.522 e. The van der Waals surface area contributed by atoms with Gasteiger partial charge in [0.25, 0.3) is 0 Å². The zero-order valence-electron chi connectivity index (χ0n) is 6.80. The molecule has 0 aliphatic heterocycles. The Morgan fingerprint density at radius 2 is 1.69 bits per heavy atom. The number of hydrogen-bond donors (Lipinski definition) is 0.